The van der Waals surface area contributed by atoms with Crippen LogP contribution >= 0.6 is 0 Å². The highest BCUT2D eigenvalue weighted by molar-refractivity contribution is 5.81. The van der Waals surface area contributed by atoms with Crippen molar-refractivity contribution in [2.24, 2.45) is 0 Å². The molecule has 1 heterocycles. The van der Waals surface area contributed by atoms with Crippen molar-refractivity contribution in [2.75, 3.05) is 33.0 Å². The van der Waals surface area contributed by atoms with Gasteiger partial charge < -0.3 is 19.5 Å². The van der Waals surface area contributed by atoms with Crippen molar-refractivity contribution < 1.29 is 24.2 Å². The minimum Gasteiger partial charge on any atom is -0.466 e. The van der Waals surface area contributed by atoms with E-state index in [1.165, 1.54) is 0 Å². The number of aliphatic hydroxyl groups excluding tert-OH is 1. The fraction of sp³-hybridized carbons (Fsp3) is 0.818. The molecule has 0 aromatic heterocycles. The van der Waals surface area contributed by atoms with E-state index in [0.717, 1.165) is 0 Å². The van der Waals surface area contributed by atoms with Crippen molar-refractivity contribution in [2.45, 2.75) is 25.8 Å². The smallest absolute Gasteiger partial charge is 0.306 e. The Morgan fingerprint density at radius 3 is 2.88 bits per heavy atom. The van der Waals surface area contributed by atoms with Crippen LogP contribution in [0.15, 0.2) is 0 Å². The Morgan fingerprint density at radius 2 is 2.24 bits per heavy atom. The summed E-state index contributed by atoms with van der Waals surface area (Å²) in [4.78, 5) is 24.5. The molecule has 0 bridgehead atoms. The van der Waals surface area contributed by atoms with Gasteiger partial charge in [-0.1, -0.05) is 0 Å². The predicted molar refractivity (Wildman–Crippen MR) is 59.3 cm³/mol. The van der Waals surface area contributed by atoms with Crippen LogP contribution in [0.25, 0.3) is 0 Å². The minimum atomic E-state index is -0.366. The summed E-state index contributed by atoms with van der Waals surface area (Å²) in [6.07, 6.45) is 0.206. The van der Waals surface area contributed by atoms with Crippen LogP contribution in [0, 0.1) is 0 Å². The summed E-state index contributed by atoms with van der Waals surface area (Å²) in [7, 11) is 0. The van der Waals surface area contributed by atoms with Crippen LogP contribution in [0.3, 0.4) is 0 Å². The Balaban J connectivity index is 2.37. The highest BCUT2D eigenvalue weighted by Crippen LogP contribution is 2.09. The van der Waals surface area contributed by atoms with Gasteiger partial charge in [0.05, 0.1) is 38.9 Å². The van der Waals surface area contributed by atoms with Crippen LogP contribution in [-0.2, 0) is 19.1 Å². The first-order valence-electron chi connectivity index (χ1n) is 5.82. The molecule has 1 atom stereocenters. The fourth-order valence-corrected chi connectivity index (χ4v) is 1.72. The van der Waals surface area contributed by atoms with Gasteiger partial charge in [-0.15, -0.1) is 0 Å². The van der Waals surface area contributed by atoms with Crippen molar-refractivity contribution in [1.82, 2.24) is 4.90 Å². The zero-order chi connectivity index (χ0) is 12.7. The van der Waals surface area contributed by atoms with Crippen LogP contribution in [-0.4, -0.2) is 60.9 Å². The Hall–Kier alpha value is -1.14. The summed E-state index contributed by atoms with van der Waals surface area (Å²) in [6.45, 7) is 3.22. The summed E-state index contributed by atoms with van der Waals surface area (Å²) >= 11 is 0. The number of esters is 1. The lowest BCUT2D eigenvalue weighted by Crippen LogP contribution is -2.50. The van der Waals surface area contributed by atoms with E-state index in [0.29, 0.717) is 26.4 Å². The molecule has 1 amide bonds. The van der Waals surface area contributed by atoms with Gasteiger partial charge in [0, 0.05) is 13.0 Å². The molecule has 1 unspecified atom stereocenters. The van der Waals surface area contributed by atoms with E-state index < -0.39 is 0 Å². The molecule has 0 radical (unpaired) electrons. The average molecular weight is 245 g/mol. The summed E-state index contributed by atoms with van der Waals surface area (Å²) < 4.78 is 9.92. The van der Waals surface area contributed by atoms with Gasteiger partial charge in [-0.3, -0.25) is 9.59 Å². The van der Waals surface area contributed by atoms with Crippen LogP contribution in [0.5, 0.6) is 0 Å². The summed E-state index contributed by atoms with van der Waals surface area (Å²) in [5, 5.41) is 9.11. The standard InChI is InChI=1S/C11H19NO5/c1-2-17-11(15)4-3-10(14)12-5-6-16-8-9(12)7-13/h9,13H,2-8H2,1H3. The minimum absolute atomic E-state index is 0.0855. The number of carbonyl (C=O) groups is 2. The van der Waals surface area contributed by atoms with E-state index >= 15 is 0 Å². The number of carbonyl (C=O) groups excluding carboxylic acids is 2. The predicted octanol–water partition coefficient (Wildman–Crippen LogP) is -0.451. The molecular weight excluding hydrogens is 226 g/mol. The van der Waals surface area contributed by atoms with E-state index in [2.05, 4.69) is 0 Å². The third-order valence-corrected chi connectivity index (χ3v) is 2.61. The molecule has 1 rings (SSSR count). The Labute approximate surface area is 100 Å². The molecule has 17 heavy (non-hydrogen) atoms. The van der Waals surface area contributed by atoms with E-state index in [4.69, 9.17) is 14.6 Å². The van der Waals surface area contributed by atoms with Gasteiger partial charge in [-0.05, 0) is 6.92 Å². The molecule has 1 aliphatic rings. The van der Waals surface area contributed by atoms with Crippen molar-refractivity contribution in [3.05, 3.63) is 0 Å². The molecule has 1 N–H and O–H groups in total. The average Bonchev–Trinajstić information content (AvgIpc) is 2.36. The molecule has 1 aliphatic heterocycles. The molecule has 1 saturated heterocycles. The van der Waals surface area contributed by atoms with Crippen LogP contribution < -0.4 is 0 Å². The topological polar surface area (TPSA) is 76.1 Å². The molecule has 6 nitrogen and oxygen atoms in total. The third-order valence-electron chi connectivity index (χ3n) is 2.61. The number of morpholine rings is 1. The third kappa shape index (κ3) is 4.32. The molecule has 0 saturated carbocycles. The first-order chi connectivity index (χ1) is 8.19. The zero-order valence-corrected chi connectivity index (χ0v) is 10.1. The first kappa shape index (κ1) is 13.9. The highest BCUT2D eigenvalue weighted by Gasteiger charge is 2.26. The monoisotopic (exact) mass is 245 g/mol. The first-order valence-corrected chi connectivity index (χ1v) is 5.82. The molecule has 0 aliphatic carbocycles. The Bertz CT molecular complexity index is 269. The number of hydrogen-bond donors (Lipinski definition) is 1. The lowest BCUT2D eigenvalue weighted by Gasteiger charge is -2.34. The van der Waals surface area contributed by atoms with Crippen molar-refractivity contribution >= 4 is 11.9 Å². The van der Waals surface area contributed by atoms with Crippen molar-refractivity contribution in [1.29, 1.82) is 0 Å². The lowest BCUT2D eigenvalue weighted by atomic mass is 10.2. The maximum absolute atomic E-state index is 11.8. The molecule has 98 valence electrons. The van der Waals surface area contributed by atoms with Crippen LogP contribution in [0.2, 0.25) is 0 Å². The second kappa shape index (κ2) is 7.24. The lowest BCUT2D eigenvalue weighted by molar-refractivity contribution is -0.148. The van der Waals surface area contributed by atoms with E-state index in [-0.39, 0.29) is 37.4 Å². The van der Waals surface area contributed by atoms with E-state index in [1.807, 2.05) is 0 Å². The quantitative estimate of drug-likeness (QED) is 0.664. The van der Waals surface area contributed by atoms with Crippen LogP contribution in [0.4, 0.5) is 0 Å². The molecular formula is C11H19NO5. The van der Waals surface area contributed by atoms with E-state index in [9.17, 15) is 9.59 Å². The van der Waals surface area contributed by atoms with Crippen molar-refractivity contribution in [3.8, 4) is 0 Å². The highest BCUT2D eigenvalue weighted by atomic mass is 16.5. The zero-order valence-electron chi connectivity index (χ0n) is 10.1. The summed E-state index contributed by atoms with van der Waals surface area (Å²) in [6, 6.07) is -0.293. The number of hydrogen-bond acceptors (Lipinski definition) is 5. The summed E-state index contributed by atoms with van der Waals surface area (Å²) in [5.41, 5.74) is 0. The number of aliphatic hydroxyl groups is 1. The SMILES string of the molecule is CCOC(=O)CCC(=O)N1CCOCC1CO. The maximum atomic E-state index is 11.8. The summed E-state index contributed by atoms with van der Waals surface area (Å²) in [5.74, 6) is -0.505. The Morgan fingerprint density at radius 1 is 1.47 bits per heavy atom. The fourth-order valence-electron chi connectivity index (χ4n) is 1.72. The van der Waals surface area contributed by atoms with Gasteiger partial charge in [0.25, 0.3) is 0 Å². The van der Waals surface area contributed by atoms with Gasteiger partial charge in [0.15, 0.2) is 0 Å². The molecule has 0 spiro atoms. The van der Waals surface area contributed by atoms with Gasteiger partial charge in [-0.2, -0.15) is 0 Å². The number of rotatable bonds is 5. The van der Waals surface area contributed by atoms with Crippen molar-refractivity contribution in [3.63, 3.8) is 0 Å². The largest absolute Gasteiger partial charge is 0.466 e. The van der Waals surface area contributed by atoms with E-state index in [1.54, 1.807) is 11.8 Å². The normalized spacial score (nSPS) is 20.1. The number of nitrogens with zero attached hydrogens (tertiary/aromatic N) is 1. The maximum Gasteiger partial charge on any atom is 0.306 e. The molecule has 6 heteroatoms. The number of amides is 1. The second-order valence-corrected chi connectivity index (χ2v) is 3.80. The van der Waals surface area contributed by atoms with Gasteiger partial charge in [0.1, 0.15) is 0 Å². The van der Waals surface area contributed by atoms with Crippen LogP contribution in [0.1, 0.15) is 19.8 Å². The second-order valence-electron chi connectivity index (χ2n) is 3.80. The van der Waals surface area contributed by atoms with Gasteiger partial charge in [-0.25, -0.2) is 0 Å². The Kier molecular flexibility index (Phi) is 5.93. The molecule has 1 fully saturated rings. The van der Waals surface area contributed by atoms with Gasteiger partial charge in [0.2, 0.25) is 5.91 Å². The number of ether oxygens (including phenoxy) is 2. The molecule has 0 aromatic carbocycles. The molecule has 0 aromatic rings. The van der Waals surface area contributed by atoms with Gasteiger partial charge >= 0.3 is 5.97 Å².